The summed E-state index contributed by atoms with van der Waals surface area (Å²) in [6.07, 6.45) is 0.537. The van der Waals surface area contributed by atoms with Crippen molar-refractivity contribution in [3.05, 3.63) is 65.2 Å². The van der Waals surface area contributed by atoms with Crippen LogP contribution in [0.1, 0.15) is 54.8 Å². The normalized spacial score (nSPS) is 25.7. The van der Waals surface area contributed by atoms with Crippen LogP contribution in [-0.4, -0.2) is 19.3 Å². The van der Waals surface area contributed by atoms with Gasteiger partial charge in [-0.3, -0.25) is 0 Å². The molecule has 1 saturated carbocycles. The summed E-state index contributed by atoms with van der Waals surface area (Å²) in [6.45, 7) is 2.32. The van der Waals surface area contributed by atoms with Crippen molar-refractivity contribution in [3.63, 3.8) is 0 Å². The Morgan fingerprint density at radius 2 is 1.50 bits per heavy atom. The first-order valence-corrected chi connectivity index (χ1v) is 11.9. The Balaban J connectivity index is 1.72. The van der Waals surface area contributed by atoms with Gasteiger partial charge >= 0.3 is 6.18 Å². The second-order valence-electron chi connectivity index (χ2n) is 8.56. The van der Waals surface area contributed by atoms with Gasteiger partial charge in [0, 0.05) is 6.54 Å². The third kappa shape index (κ3) is 4.14. The number of sulfonamides is 1. The van der Waals surface area contributed by atoms with Gasteiger partial charge in [-0.2, -0.15) is 17.5 Å². The molecule has 2 aromatic carbocycles. The van der Waals surface area contributed by atoms with Crippen LogP contribution in [0, 0.1) is 18.8 Å². The van der Waals surface area contributed by atoms with Crippen molar-refractivity contribution in [2.75, 3.05) is 6.54 Å². The van der Waals surface area contributed by atoms with E-state index in [2.05, 4.69) is 0 Å². The first-order valence-electron chi connectivity index (χ1n) is 10.4. The molecule has 0 radical (unpaired) electrons. The van der Waals surface area contributed by atoms with Crippen LogP contribution in [0.2, 0.25) is 0 Å². The zero-order valence-electron chi connectivity index (χ0n) is 16.9. The third-order valence-electron chi connectivity index (χ3n) is 6.60. The maximum Gasteiger partial charge on any atom is 0.416 e. The molecule has 162 valence electrons. The predicted molar refractivity (Wildman–Crippen MR) is 109 cm³/mol. The van der Waals surface area contributed by atoms with Gasteiger partial charge in [0.05, 0.1) is 16.5 Å². The Morgan fingerprint density at radius 3 is 2.10 bits per heavy atom. The van der Waals surface area contributed by atoms with E-state index in [9.17, 15) is 21.6 Å². The summed E-state index contributed by atoms with van der Waals surface area (Å²) in [5.74, 6) is 0.722. The smallest absolute Gasteiger partial charge is 0.207 e. The first kappa shape index (κ1) is 21.4. The van der Waals surface area contributed by atoms with Crippen molar-refractivity contribution in [3.8, 4) is 0 Å². The predicted octanol–water partition coefficient (Wildman–Crippen LogP) is 5.96. The zero-order chi connectivity index (χ0) is 21.5. The molecule has 0 N–H and O–H groups in total. The number of aryl methyl sites for hydroxylation is 1. The summed E-state index contributed by atoms with van der Waals surface area (Å²) in [6, 6.07) is 11.3. The lowest BCUT2D eigenvalue weighted by molar-refractivity contribution is -0.137. The van der Waals surface area contributed by atoms with Gasteiger partial charge in [-0.05, 0) is 61.4 Å². The number of halogens is 3. The topological polar surface area (TPSA) is 37.4 Å². The lowest BCUT2D eigenvalue weighted by atomic mass is 9.73. The minimum atomic E-state index is -4.41. The molecule has 3 unspecified atom stereocenters. The highest BCUT2D eigenvalue weighted by Crippen LogP contribution is 2.46. The fraction of sp³-hybridized carbons (Fsp3) is 0.478. The number of nitrogens with zero attached hydrogens (tertiary/aromatic N) is 1. The molecule has 3 nitrogen and oxygen atoms in total. The molecule has 30 heavy (non-hydrogen) atoms. The van der Waals surface area contributed by atoms with Crippen LogP contribution in [0.3, 0.4) is 0 Å². The lowest BCUT2D eigenvalue weighted by Crippen LogP contribution is -2.46. The lowest BCUT2D eigenvalue weighted by Gasteiger charge is -2.45. The maximum atomic E-state index is 13.5. The summed E-state index contributed by atoms with van der Waals surface area (Å²) < 4.78 is 67.6. The Hall–Kier alpha value is -1.86. The standard InChI is InChI=1S/C23H26F3NO2S/c1-16-6-12-21(13-7-16)30(28,29)27-15-19-5-3-2-4-18(19)14-22(27)17-8-10-20(11-9-17)23(24,25)26/h6-13,18-19,22H,2-5,14-15H2,1H3. The molecule has 1 heterocycles. The highest BCUT2D eigenvalue weighted by Gasteiger charge is 2.43. The van der Waals surface area contributed by atoms with Crippen LogP contribution in [0.15, 0.2) is 53.4 Å². The van der Waals surface area contributed by atoms with Gasteiger partial charge < -0.3 is 0 Å². The summed E-state index contributed by atoms with van der Waals surface area (Å²) in [5.41, 5.74) is 0.882. The molecule has 0 aromatic heterocycles. The minimum absolute atomic E-state index is 0.235. The largest absolute Gasteiger partial charge is 0.416 e. The number of hydrogen-bond acceptors (Lipinski definition) is 2. The molecule has 1 aliphatic heterocycles. The molecular weight excluding hydrogens is 411 g/mol. The van der Waals surface area contributed by atoms with Gasteiger partial charge in [0.15, 0.2) is 0 Å². The summed E-state index contributed by atoms with van der Waals surface area (Å²) in [4.78, 5) is 0.235. The Bertz CT molecular complexity index is 985. The average molecular weight is 438 g/mol. The van der Waals surface area contributed by atoms with E-state index in [-0.39, 0.29) is 4.90 Å². The number of piperidine rings is 1. The Labute approximate surface area is 176 Å². The van der Waals surface area contributed by atoms with Crippen molar-refractivity contribution >= 4 is 10.0 Å². The number of alkyl halides is 3. The Morgan fingerprint density at radius 1 is 0.900 bits per heavy atom. The number of benzene rings is 2. The number of fused-ring (bicyclic) bond motifs is 1. The second-order valence-corrected chi connectivity index (χ2v) is 10.5. The number of hydrogen-bond donors (Lipinski definition) is 0. The fourth-order valence-electron chi connectivity index (χ4n) is 4.91. The van der Waals surface area contributed by atoms with Crippen molar-refractivity contribution in [2.45, 2.75) is 56.1 Å². The minimum Gasteiger partial charge on any atom is -0.207 e. The van der Waals surface area contributed by atoms with Crippen molar-refractivity contribution in [1.82, 2.24) is 4.31 Å². The van der Waals surface area contributed by atoms with Crippen LogP contribution in [0.4, 0.5) is 13.2 Å². The summed E-state index contributed by atoms with van der Waals surface area (Å²) >= 11 is 0. The number of rotatable bonds is 3. The molecule has 3 atom stereocenters. The third-order valence-corrected chi connectivity index (χ3v) is 8.49. The van der Waals surface area contributed by atoms with Crippen molar-refractivity contribution < 1.29 is 21.6 Å². The zero-order valence-corrected chi connectivity index (χ0v) is 17.7. The molecule has 0 bridgehead atoms. The van der Waals surface area contributed by atoms with Crippen molar-refractivity contribution in [2.24, 2.45) is 11.8 Å². The molecule has 7 heteroatoms. The van der Waals surface area contributed by atoms with Gasteiger partial charge in [0.25, 0.3) is 0 Å². The van der Waals surface area contributed by atoms with Gasteiger partial charge in [0.1, 0.15) is 0 Å². The molecule has 1 aliphatic carbocycles. The fourth-order valence-corrected chi connectivity index (χ4v) is 6.59. The van der Waals surface area contributed by atoms with Crippen molar-refractivity contribution in [1.29, 1.82) is 0 Å². The van der Waals surface area contributed by atoms with Crippen LogP contribution < -0.4 is 0 Å². The molecule has 0 spiro atoms. The van der Waals surface area contributed by atoms with E-state index in [0.717, 1.165) is 43.4 Å². The maximum absolute atomic E-state index is 13.5. The van der Waals surface area contributed by atoms with Crippen LogP contribution in [0.25, 0.3) is 0 Å². The first-order chi connectivity index (χ1) is 14.2. The highest BCUT2D eigenvalue weighted by atomic mass is 32.2. The molecule has 2 aromatic rings. The van der Waals surface area contributed by atoms with E-state index < -0.39 is 27.8 Å². The van der Waals surface area contributed by atoms with E-state index in [4.69, 9.17) is 0 Å². The van der Waals surface area contributed by atoms with E-state index in [0.29, 0.717) is 30.4 Å². The van der Waals surface area contributed by atoms with E-state index in [1.165, 1.54) is 16.4 Å². The second kappa shape index (κ2) is 8.00. The monoisotopic (exact) mass is 437 g/mol. The quantitative estimate of drug-likeness (QED) is 0.595. The van der Waals surface area contributed by atoms with Crippen LogP contribution in [0.5, 0.6) is 0 Å². The molecule has 2 aliphatic rings. The summed E-state index contributed by atoms with van der Waals surface area (Å²) in [5, 5.41) is 0. The molecule has 2 fully saturated rings. The highest BCUT2D eigenvalue weighted by molar-refractivity contribution is 7.89. The summed E-state index contributed by atoms with van der Waals surface area (Å²) in [7, 11) is -3.75. The van der Waals surface area contributed by atoms with E-state index in [1.54, 1.807) is 24.3 Å². The SMILES string of the molecule is Cc1ccc(S(=O)(=O)N2CC3CCCCC3CC2c2ccc(C(F)(F)F)cc2)cc1. The molecular formula is C23H26F3NO2S. The molecule has 1 saturated heterocycles. The molecule has 4 rings (SSSR count). The van der Waals surface area contributed by atoms with E-state index >= 15 is 0 Å². The van der Waals surface area contributed by atoms with Gasteiger partial charge in [-0.1, -0.05) is 49.1 Å². The average Bonchev–Trinajstić information content (AvgIpc) is 2.72. The van der Waals surface area contributed by atoms with E-state index in [1.807, 2.05) is 6.92 Å². The van der Waals surface area contributed by atoms with Gasteiger partial charge in [0.2, 0.25) is 10.0 Å². The van der Waals surface area contributed by atoms with Gasteiger partial charge in [-0.15, -0.1) is 0 Å². The molecule has 0 amide bonds. The van der Waals surface area contributed by atoms with Crippen LogP contribution in [-0.2, 0) is 16.2 Å². The van der Waals surface area contributed by atoms with Crippen LogP contribution >= 0.6 is 0 Å². The van der Waals surface area contributed by atoms with Gasteiger partial charge in [-0.25, -0.2) is 8.42 Å². The Kier molecular flexibility index (Phi) is 5.70.